The summed E-state index contributed by atoms with van der Waals surface area (Å²) in [7, 11) is 0. The Morgan fingerprint density at radius 2 is 2.15 bits per heavy atom. The summed E-state index contributed by atoms with van der Waals surface area (Å²) >= 11 is 0. The van der Waals surface area contributed by atoms with Gasteiger partial charge >= 0.3 is 0 Å². The number of nitrogens with zero attached hydrogens (tertiary/aromatic N) is 2. The molecule has 0 fully saturated rings. The average Bonchev–Trinajstić information content (AvgIpc) is 2.41. The molecule has 0 unspecified atom stereocenters. The smallest absolute Gasteiger partial charge is 0.250 e. The molecule has 0 spiro atoms. The van der Waals surface area contributed by atoms with Gasteiger partial charge in [0.2, 0.25) is 5.56 Å². The van der Waals surface area contributed by atoms with Crippen LogP contribution in [0.15, 0.2) is 34.2 Å². The van der Waals surface area contributed by atoms with E-state index in [-0.39, 0.29) is 29.5 Å². The SMILES string of the molecule is CCCCNC(N)=NCCCCn1ccccc1=O.I. The third-order valence-electron chi connectivity index (χ3n) is 2.82. The number of unbranched alkanes of at least 4 members (excludes halogenated alkanes) is 2. The van der Waals surface area contributed by atoms with Crippen molar-refractivity contribution in [1.82, 2.24) is 9.88 Å². The highest BCUT2D eigenvalue weighted by Gasteiger charge is 1.94. The van der Waals surface area contributed by atoms with Crippen molar-refractivity contribution in [3.05, 3.63) is 34.7 Å². The van der Waals surface area contributed by atoms with E-state index >= 15 is 0 Å². The molecule has 1 aromatic rings. The van der Waals surface area contributed by atoms with Crippen LogP contribution in [0.5, 0.6) is 0 Å². The maximum absolute atomic E-state index is 11.4. The highest BCUT2D eigenvalue weighted by molar-refractivity contribution is 14.0. The van der Waals surface area contributed by atoms with Crippen molar-refractivity contribution in [2.75, 3.05) is 13.1 Å². The van der Waals surface area contributed by atoms with Gasteiger partial charge < -0.3 is 15.6 Å². The lowest BCUT2D eigenvalue weighted by molar-refractivity contribution is 0.598. The molecule has 0 aliphatic heterocycles. The van der Waals surface area contributed by atoms with E-state index in [1.807, 2.05) is 12.3 Å². The molecule has 0 atom stereocenters. The van der Waals surface area contributed by atoms with Crippen molar-refractivity contribution in [3.63, 3.8) is 0 Å². The van der Waals surface area contributed by atoms with Gasteiger partial charge in [0.05, 0.1) is 0 Å². The van der Waals surface area contributed by atoms with Gasteiger partial charge in [-0.15, -0.1) is 24.0 Å². The first-order valence-electron chi connectivity index (χ1n) is 6.93. The van der Waals surface area contributed by atoms with Gasteiger partial charge in [0, 0.05) is 31.9 Å². The van der Waals surface area contributed by atoms with E-state index < -0.39 is 0 Å². The van der Waals surface area contributed by atoms with E-state index in [1.165, 1.54) is 0 Å². The molecule has 1 heterocycles. The summed E-state index contributed by atoms with van der Waals surface area (Å²) < 4.78 is 1.71. The normalized spacial score (nSPS) is 10.9. The average molecular weight is 392 g/mol. The maximum atomic E-state index is 11.4. The number of aryl methyl sites for hydroxylation is 1. The van der Waals surface area contributed by atoms with Crippen molar-refractivity contribution in [2.45, 2.75) is 39.2 Å². The molecular formula is C14H25IN4O. The number of rotatable bonds is 8. The predicted octanol–water partition coefficient (Wildman–Crippen LogP) is 1.95. The number of guanidine groups is 1. The zero-order valence-electron chi connectivity index (χ0n) is 12.0. The Morgan fingerprint density at radius 3 is 2.85 bits per heavy atom. The van der Waals surface area contributed by atoms with Gasteiger partial charge in [-0.2, -0.15) is 0 Å². The van der Waals surface area contributed by atoms with Crippen molar-refractivity contribution >= 4 is 29.9 Å². The van der Waals surface area contributed by atoms with E-state index in [0.717, 1.165) is 38.8 Å². The van der Waals surface area contributed by atoms with Crippen molar-refractivity contribution in [3.8, 4) is 0 Å². The molecule has 0 aliphatic carbocycles. The van der Waals surface area contributed by atoms with Gasteiger partial charge in [-0.05, 0) is 25.3 Å². The summed E-state index contributed by atoms with van der Waals surface area (Å²) in [6.07, 6.45) is 5.92. The second kappa shape index (κ2) is 11.7. The van der Waals surface area contributed by atoms with Crippen LogP contribution in [-0.2, 0) is 6.54 Å². The minimum absolute atomic E-state index is 0. The number of nitrogens with two attached hydrogens (primary N) is 1. The van der Waals surface area contributed by atoms with Crippen LogP contribution in [0.4, 0.5) is 0 Å². The fourth-order valence-corrected chi connectivity index (χ4v) is 1.69. The van der Waals surface area contributed by atoms with Crippen molar-refractivity contribution in [2.24, 2.45) is 10.7 Å². The number of aliphatic imine (C=N–C) groups is 1. The lowest BCUT2D eigenvalue weighted by Crippen LogP contribution is -2.32. The predicted molar refractivity (Wildman–Crippen MR) is 94.8 cm³/mol. The lowest BCUT2D eigenvalue weighted by atomic mass is 10.3. The topological polar surface area (TPSA) is 72.4 Å². The van der Waals surface area contributed by atoms with Crippen LogP contribution in [-0.4, -0.2) is 23.6 Å². The minimum atomic E-state index is 0. The van der Waals surface area contributed by atoms with E-state index in [4.69, 9.17) is 5.73 Å². The molecule has 3 N–H and O–H groups in total. The molecule has 0 radical (unpaired) electrons. The lowest BCUT2D eigenvalue weighted by Gasteiger charge is -2.05. The fraction of sp³-hybridized carbons (Fsp3) is 0.571. The third-order valence-corrected chi connectivity index (χ3v) is 2.82. The Morgan fingerprint density at radius 1 is 1.35 bits per heavy atom. The molecular weight excluding hydrogens is 367 g/mol. The third kappa shape index (κ3) is 8.19. The molecule has 0 aromatic carbocycles. The number of pyridine rings is 1. The molecule has 6 heteroatoms. The second-order valence-corrected chi connectivity index (χ2v) is 4.49. The molecule has 0 saturated heterocycles. The Bertz CT molecular complexity index is 445. The standard InChI is InChI=1S/C14H24N4O.HI/c1-2-3-9-16-14(15)17-10-5-7-12-18-11-6-4-8-13(18)19;/h4,6,8,11H,2-3,5,7,9-10,12H2,1H3,(H3,15,16,17);1H. The van der Waals surface area contributed by atoms with Crippen molar-refractivity contribution < 1.29 is 0 Å². The van der Waals surface area contributed by atoms with E-state index in [2.05, 4.69) is 17.2 Å². The van der Waals surface area contributed by atoms with Crippen LogP contribution in [0, 0.1) is 0 Å². The summed E-state index contributed by atoms with van der Waals surface area (Å²) in [6, 6.07) is 5.20. The van der Waals surface area contributed by atoms with Crippen LogP contribution in [0.25, 0.3) is 0 Å². The Hall–Kier alpha value is -1.05. The van der Waals surface area contributed by atoms with E-state index in [0.29, 0.717) is 12.5 Å². The molecule has 114 valence electrons. The highest BCUT2D eigenvalue weighted by Crippen LogP contribution is 1.93. The van der Waals surface area contributed by atoms with E-state index in [9.17, 15) is 4.79 Å². The van der Waals surface area contributed by atoms with E-state index in [1.54, 1.807) is 16.7 Å². The molecule has 5 nitrogen and oxygen atoms in total. The molecule has 1 aromatic heterocycles. The maximum Gasteiger partial charge on any atom is 0.250 e. The zero-order valence-corrected chi connectivity index (χ0v) is 14.4. The number of nitrogens with one attached hydrogen (secondary N) is 1. The van der Waals surface area contributed by atoms with Gasteiger partial charge in [-0.1, -0.05) is 19.4 Å². The summed E-state index contributed by atoms with van der Waals surface area (Å²) in [6.45, 7) is 4.46. The number of hydrogen-bond acceptors (Lipinski definition) is 2. The van der Waals surface area contributed by atoms with Crippen LogP contribution in [0.1, 0.15) is 32.6 Å². The molecule has 20 heavy (non-hydrogen) atoms. The Labute approximate surface area is 137 Å². The largest absolute Gasteiger partial charge is 0.370 e. The first kappa shape index (κ1) is 18.9. The van der Waals surface area contributed by atoms with Crippen molar-refractivity contribution in [1.29, 1.82) is 0 Å². The monoisotopic (exact) mass is 392 g/mol. The van der Waals surface area contributed by atoms with Crippen LogP contribution < -0.4 is 16.6 Å². The number of hydrogen-bond donors (Lipinski definition) is 2. The molecule has 1 rings (SSSR count). The quantitative estimate of drug-likeness (QED) is 0.308. The Kier molecular flexibility index (Phi) is 11.1. The summed E-state index contributed by atoms with van der Waals surface area (Å²) in [4.78, 5) is 15.7. The fourth-order valence-electron chi connectivity index (χ4n) is 1.69. The zero-order chi connectivity index (χ0) is 13.9. The highest BCUT2D eigenvalue weighted by atomic mass is 127. The summed E-state index contributed by atoms with van der Waals surface area (Å²) in [5.41, 5.74) is 5.76. The summed E-state index contributed by atoms with van der Waals surface area (Å²) in [5, 5.41) is 3.07. The molecule has 0 amide bonds. The van der Waals surface area contributed by atoms with Gasteiger partial charge in [0.25, 0.3) is 0 Å². The molecule has 0 aliphatic rings. The van der Waals surface area contributed by atoms with Crippen LogP contribution >= 0.6 is 24.0 Å². The summed E-state index contributed by atoms with van der Waals surface area (Å²) in [5.74, 6) is 0.519. The number of halogens is 1. The first-order valence-corrected chi connectivity index (χ1v) is 6.93. The van der Waals surface area contributed by atoms with Gasteiger partial charge in [0.15, 0.2) is 5.96 Å². The van der Waals surface area contributed by atoms with Gasteiger partial charge in [-0.3, -0.25) is 9.79 Å². The first-order chi connectivity index (χ1) is 9.24. The van der Waals surface area contributed by atoms with Crippen LogP contribution in [0.2, 0.25) is 0 Å². The van der Waals surface area contributed by atoms with Gasteiger partial charge in [-0.25, -0.2) is 0 Å². The second-order valence-electron chi connectivity index (χ2n) is 4.49. The molecule has 0 saturated carbocycles. The number of aromatic nitrogens is 1. The molecule has 0 bridgehead atoms. The van der Waals surface area contributed by atoms with Gasteiger partial charge in [0.1, 0.15) is 0 Å². The Balaban J connectivity index is 0.00000361. The minimum Gasteiger partial charge on any atom is -0.370 e. The van der Waals surface area contributed by atoms with Crippen LogP contribution in [0.3, 0.4) is 0 Å².